The Morgan fingerprint density at radius 1 is 1.38 bits per heavy atom. The molecule has 1 aromatic rings. The van der Waals surface area contributed by atoms with Crippen LogP contribution in [0.3, 0.4) is 0 Å². The first-order valence-corrected chi connectivity index (χ1v) is 6.79. The van der Waals surface area contributed by atoms with Gasteiger partial charge in [0.1, 0.15) is 5.82 Å². The van der Waals surface area contributed by atoms with Crippen LogP contribution < -0.4 is 5.32 Å². The lowest BCUT2D eigenvalue weighted by atomic mass is 9.82. The second-order valence-electron chi connectivity index (χ2n) is 4.69. The van der Waals surface area contributed by atoms with Crippen LogP contribution in [-0.2, 0) is 4.74 Å². The predicted octanol–water partition coefficient (Wildman–Crippen LogP) is 2.22. The van der Waals surface area contributed by atoms with Crippen molar-refractivity contribution in [2.75, 3.05) is 11.9 Å². The molecule has 2 fully saturated rings. The minimum absolute atomic E-state index is 0.486. The van der Waals surface area contributed by atoms with Crippen LogP contribution in [0.2, 0.25) is 0 Å². The van der Waals surface area contributed by atoms with E-state index in [-0.39, 0.29) is 0 Å². The summed E-state index contributed by atoms with van der Waals surface area (Å²) in [6.45, 7) is 2.87. The van der Waals surface area contributed by atoms with Crippen molar-refractivity contribution in [2.45, 2.75) is 44.8 Å². The lowest BCUT2D eigenvalue weighted by Crippen LogP contribution is -2.38. The van der Waals surface area contributed by atoms with Crippen molar-refractivity contribution in [3.63, 3.8) is 0 Å². The average Bonchev–Trinajstić information content (AvgIpc) is 2.87. The molecule has 0 amide bonds. The molecule has 1 aromatic heterocycles. The standard InChI is InChI=1S/C11H17N3OS/c1-7-12-11(16-14-7)13-9-3-2-4-10-8(9)5-6-15-10/h8-10H,2-6H2,1H3,(H,12,13,14)/t8-,9+,10+/m0/s1. The second kappa shape index (κ2) is 4.30. The summed E-state index contributed by atoms with van der Waals surface area (Å²) in [6.07, 6.45) is 5.41. The second-order valence-corrected chi connectivity index (χ2v) is 5.44. The maximum absolute atomic E-state index is 5.76. The summed E-state index contributed by atoms with van der Waals surface area (Å²) in [7, 11) is 0. The third kappa shape index (κ3) is 1.94. The molecular weight excluding hydrogens is 222 g/mol. The molecule has 0 unspecified atom stereocenters. The van der Waals surface area contributed by atoms with Crippen molar-refractivity contribution in [3.05, 3.63) is 5.82 Å². The molecule has 0 spiro atoms. The Hall–Kier alpha value is -0.680. The Kier molecular flexibility index (Phi) is 2.81. The number of ether oxygens (including phenoxy) is 1. The van der Waals surface area contributed by atoms with Crippen LogP contribution in [0.1, 0.15) is 31.5 Å². The van der Waals surface area contributed by atoms with Gasteiger partial charge in [-0.15, -0.1) is 0 Å². The summed E-state index contributed by atoms with van der Waals surface area (Å²) in [5, 5.41) is 4.51. The molecule has 88 valence electrons. The van der Waals surface area contributed by atoms with E-state index in [1.807, 2.05) is 6.92 Å². The van der Waals surface area contributed by atoms with Crippen LogP contribution in [0.4, 0.5) is 5.13 Å². The van der Waals surface area contributed by atoms with E-state index < -0.39 is 0 Å². The number of anilines is 1. The van der Waals surface area contributed by atoms with Gasteiger partial charge in [-0.2, -0.15) is 4.37 Å². The number of nitrogens with zero attached hydrogens (tertiary/aromatic N) is 2. The number of hydrogen-bond acceptors (Lipinski definition) is 5. The van der Waals surface area contributed by atoms with Gasteiger partial charge < -0.3 is 10.1 Å². The van der Waals surface area contributed by atoms with Gasteiger partial charge in [0.15, 0.2) is 0 Å². The van der Waals surface area contributed by atoms with Crippen LogP contribution >= 0.6 is 11.5 Å². The van der Waals surface area contributed by atoms with Crippen LogP contribution in [0, 0.1) is 12.8 Å². The molecule has 16 heavy (non-hydrogen) atoms. The summed E-state index contributed by atoms with van der Waals surface area (Å²) in [5.41, 5.74) is 0. The molecule has 3 atom stereocenters. The molecule has 0 bridgehead atoms. The molecule has 0 radical (unpaired) electrons. The van der Waals surface area contributed by atoms with Gasteiger partial charge in [-0.25, -0.2) is 4.98 Å². The first-order valence-electron chi connectivity index (χ1n) is 6.01. The third-order valence-electron chi connectivity index (χ3n) is 3.62. The molecule has 4 nitrogen and oxygen atoms in total. The molecule has 2 aliphatic rings. The van der Waals surface area contributed by atoms with Crippen molar-refractivity contribution in [3.8, 4) is 0 Å². The van der Waals surface area contributed by atoms with Crippen molar-refractivity contribution in [1.29, 1.82) is 0 Å². The number of rotatable bonds is 2. The highest BCUT2D eigenvalue weighted by Gasteiger charge is 2.37. The molecule has 3 rings (SSSR count). The highest BCUT2D eigenvalue weighted by Crippen LogP contribution is 2.36. The average molecular weight is 239 g/mol. The van der Waals surface area contributed by atoms with Gasteiger partial charge in [0.25, 0.3) is 0 Å². The van der Waals surface area contributed by atoms with Crippen LogP contribution in [-0.4, -0.2) is 28.1 Å². The van der Waals surface area contributed by atoms with Crippen molar-refractivity contribution in [2.24, 2.45) is 5.92 Å². The van der Waals surface area contributed by atoms with E-state index in [1.54, 1.807) is 0 Å². The molecule has 1 N–H and O–H groups in total. The normalized spacial score (nSPS) is 33.7. The Bertz CT molecular complexity index is 368. The summed E-state index contributed by atoms with van der Waals surface area (Å²) < 4.78 is 9.96. The van der Waals surface area contributed by atoms with Gasteiger partial charge in [-0.1, -0.05) is 0 Å². The fourth-order valence-corrected chi connectivity index (χ4v) is 3.51. The molecule has 1 saturated heterocycles. The number of fused-ring (bicyclic) bond motifs is 1. The van der Waals surface area contributed by atoms with E-state index in [2.05, 4.69) is 14.7 Å². The molecule has 2 heterocycles. The fraction of sp³-hybridized carbons (Fsp3) is 0.818. The maximum Gasteiger partial charge on any atom is 0.202 e. The summed E-state index contributed by atoms with van der Waals surface area (Å²) >= 11 is 1.46. The van der Waals surface area contributed by atoms with Gasteiger partial charge in [-0.3, -0.25) is 0 Å². The van der Waals surface area contributed by atoms with Gasteiger partial charge in [0.2, 0.25) is 5.13 Å². The first kappa shape index (κ1) is 10.5. The largest absolute Gasteiger partial charge is 0.378 e. The quantitative estimate of drug-likeness (QED) is 0.859. The molecule has 1 saturated carbocycles. The van der Waals surface area contributed by atoms with E-state index in [0.29, 0.717) is 18.1 Å². The van der Waals surface area contributed by atoms with E-state index in [0.717, 1.165) is 17.6 Å². The van der Waals surface area contributed by atoms with Gasteiger partial charge in [0, 0.05) is 30.1 Å². The smallest absolute Gasteiger partial charge is 0.202 e. The highest BCUT2D eigenvalue weighted by atomic mass is 32.1. The number of nitrogens with one attached hydrogen (secondary N) is 1. The number of aryl methyl sites for hydroxylation is 1. The molecule has 0 aromatic carbocycles. The van der Waals surface area contributed by atoms with Crippen LogP contribution in [0.5, 0.6) is 0 Å². The Labute approximate surface area is 99.6 Å². The van der Waals surface area contributed by atoms with Gasteiger partial charge in [0.05, 0.1) is 6.10 Å². The Morgan fingerprint density at radius 3 is 3.12 bits per heavy atom. The van der Waals surface area contributed by atoms with E-state index in [4.69, 9.17) is 4.74 Å². The van der Waals surface area contributed by atoms with E-state index >= 15 is 0 Å². The lowest BCUT2D eigenvalue weighted by Gasteiger charge is -2.32. The van der Waals surface area contributed by atoms with Crippen LogP contribution in [0.25, 0.3) is 0 Å². The maximum atomic E-state index is 5.76. The monoisotopic (exact) mass is 239 g/mol. The Morgan fingerprint density at radius 2 is 2.31 bits per heavy atom. The van der Waals surface area contributed by atoms with E-state index in [1.165, 1.54) is 37.2 Å². The van der Waals surface area contributed by atoms with Crippen LogP contribution in [0.15, 0.2) is 0 Å². The van der Waals surface area contributed by atoms with Crippen molar-refractivity contribution < 1.29 is 4.74 Å². The minimum atomic E-state index is 0.486. The molecule has 5 heteroatoms. The van der Waals surface area contributed by atoms with E-state index in [9.17, 15) is 0 Å². The van der Waals surface area contributed by atoms with Gasteiger partial charge >= 0.3 is 0 Å². The first-order chi connectivity index (χ1) is 7.83. The van der Waals surface area contributed by atoms with Crippen molar-refractivity contribution >= 4 is 16.7 Å². The SMILES string of the molecule is Cc1nsc(N[C@@H]2CCC[C@H]3OCC[C@@H]23)n1. The zero-order valence-corrected chi connectivity index (χ0v) is 10.3. The fourth-order valence-electron chi connectivity index (χ4n) is 2.87. The zero-order valence-electron chi connectivity index (χ0n) is 9.48. The molecule has 1 aliphatic heterocycles. The zero-order chi connectivity index (χ0) is 11.0. The van der Waals surface area contributed by atoms with Crippen molar-refractivity contribution in [1.82, 2.24) is 9.36 Å². The third-order valence-corrected chi connectivity index (χ3v) is 4.36. The minimum Gasteiger partial charge on any atom is -0.378 e. The highest BCUT2D eigenvalue weighted by molar-refractivity contribution is 7.09. The molecular formula is C11H17N3OS. The Balaban J connectivity index is 1.69. The number of hydrogen-bond donors (Lipinski definition) is 1. The topological polar surface area (TPSA) is 47.0 Å². The number of aromatic nitrogens is 2. The summed E-state index contributed by atoms with van der Waals surface area (Å²) in [5.74, 6) is 1.54. The predicted molar refractivity (Wildman–Crippen MR) is 63.8 cm³/mol. The van der Waals surface area contributed by atoms with Gasteiger partial charge in [-0.05, 0) is 32.6 Å². The summed E-state index contributed by atoms with van der Waals surface area (Å²) in [4.78, 5) is 4.37. The molecule has 1 aliphatic carbocycles. The summed E-state index contributed by atoms with van der Waals surface area (Å²) in [6, 6.07) is 0.536. The lowest BCUT2D eigenvalue weighted by molar-refractivity contribution is 0.0620.